The number of hydrogen-bond donors (Lipinski definition) is 4. The highest BCUT2D eigenvalue weighted by Crippen LogP contribution is 2.23. The van der Waals surface area contributed by atoms with E-state index in [0.717, 1.165) is 28.4 Å². The third kappa shape index (κ3) is 4.84. The van der Waals surface area contributed by atoms with E-state index < -0.39 is 0 Å². The van der Waals surface area contributed by atoms with Gasteiger partial charge in [0, 0.05) is 11.4 Å². The smallest absolute Gasteiger partial charge is 0.138 e. The van der Waals surface area contributed by atoms with E-state index in [1.807, 2.05) is 37.3 Å². The van der Waals surface area contributed by atoms with Gasteiger partial charge >= 0.3 is 0 Å². The second-order valence-corrected chi connectivity index (χ2v) is 5.25. The summed E-state index contributed by atoms with van der Waals surface area (Å²) in [5.41, 5.74) is 19.4. The van der Waals surface area contributed by atoms with Crippen LogP contribution in [0.15, 0.2) is 66.7 Å². The van der Waals surface area contributed by atoms with Crippen LogP contribution >= 0.6 is 0 Å². The summed E-state index contributed by atoms with van der Waals surface area (Å²) in [6.45, 7) is 1.86. The number of ether oxygens (including phenoxy) is 1. The number of nitrogen functional groups attached to an aromatic ring is 3. The summed E-state index contributed by atoms with van der Waals surface area (Å²) in [7, 11) is 0. The van der Waals surface area contributed by atoms with E-state index in [4.69, 9.17) is 27.0 Å². The largest absolute Gasteiger partial charge is 0.506 e. The molecule has 0 saturated heterocycles. The van der Waals surface area contributed by atoms with Crippen molar-refractivity contribution in [3.63, 3.8) is 0 Å². The SMILES string of the molecule is Cc1cccc(O)c1N.Nc1ccc(Oc2ccc(N)cc2)cc1. The molecular weight excluding hydrogens is 302 g/mol. The van der Waals surface area contributed by atoms with Gasteiger partial charge in [0.1, 0.15) is 17.2 Å². The van der Waals surface area contributed by atoms with Crippen LogP contribution in [-0.4, -0.2) is 5.11 Å². The molecule has 0 amide bonds. The fourth-order valence-electron chi connectivity index (χ4n) is 1.87. The Labute approximate surface area is 141 Å². The van der Waals surface area contributed by atoms with Crippen molar-refractivity contribution in [2.45, 2.75) is 6.92 Å². The third-order valence-corrected chi connectivity index (χ3v) is 3.30. The van der Waals surface area contributed by atoms with Gasteiger partial charge in [-0.25, -0.2) is 0 Å². The molecule has 0 bridgehead atoms. The number of benzene rings is 3. The minimum Gasteiger partial charge on any atom is -0.506 e. The molecule has 3 rings (SSSR count). The van der Waals surface area contributed by atoms with Crippen LogP contribution in [0.5, 0.6) is 17.2 Å². The third-order valence-electron chi connectivity index (χ3n) is 3.30. The molecule has 0 aliphatic rings. The van der Waals surface area contributed by atoms with Crippen LogP contribution in [0.25, 0.3) is 0 Å². The Hall–Kier alpha value is -3.34. The van der Waals surface area contributed by atoms with Crippen LogP contribution in [0.1, 0.15) is 5.56 Å². The van der Waals surface area contributed by atoms with Gasteiger partial charge in [0.2, 0.25) is 0 Å². The van der Waals surface area contributed by atoms with Crippen LogP contribution in [0.3, 0.4) is 0 Å². The first-order valence-corrected chi connectivity index (χ1v) is 7.38. The monoisotopic (exact) mass is 323 g/mol. The van der Waals surface area contributed by atoms with Crippen molar-refractivity contribution < 1.29 is 9.84 Å². The van der Waals surface area contributed by atoms with Crippen molar-refractivity contribution in [3.8, 4) is 17.2 Å². The highest BCUT2D eigenvalue weighted by atomic mass is 16.5. The lowest BCUT2D eigenvalue weighted by molar-refractivity contribution is 0.477. The normalized spacial score (nSPS) is 9.71. The van der Waals surface area contributed by atoms with E-state index in [9.17, 15) is 0 Å². The Morgan fingerprint density at radius 1 is 0.708 bits per heavy atom. The molecule has 0 saturated carbocycles. The minimum absolute atomic E-state index is 0.162. The zero-order chi connectivity index (χ0) is 17.5. The molecule has 0 fully saturated rings. The molecule has 7 N–H and O–H groups in total. The van der Waals surface area contributed by atoms with Crippen molar-refractivity contribution in [2.24, 2.45) is 0 Å². The Morgan fingerprint density at radius 3 is 1.54 bits per heavy atom. The first-order valence-electron chi connectivity index (χ1n) is 7.38. The predicted octanol–water partition coefficient (Wildman–Crippen LogP) is 3.93. The lowest BCUT2D eigenvalue weighted by Crippen LogP contribution is -1.88. The van der Waals surface area contributed by atoms with Crippen LogP contribution < -0.4 is 21.9 Å². The zero-order valence-corrected chi connectivity index (χ0v) is 13.4. The molecule has 3 aromatic rings. The van der Waals surface area contributed by atoms with Gasteiger partial charge in [0.25, 0.3) is 0 Å². The number of aromatic hydroxyl groups is 1. The number of phenols is 1. The Morgan fingerprint density at radius 2 is 1.17 bits per heavy atom. The van der Waals surface area contributed by atoms with E-state index in [1.165, 1.54) is 0 Å². The maximum Gasteiger partial charge on any atom is 0.138 e. The van der Waals surface area contributed by atoms with Gasteiger partial charge in [0.15, 0.2) is 0 Å². The van der Waals surface area contributed by atoms with E-state index >= 15 is 0 Å². The quantitative estimate of drug-likeness (QED) is 0.422. The summed E-state index contributed by atoms with van der Waals surface area (Å²) in [5, 5.41) is 8.98. The number of hydrogen-bond acceptors (Lipinski definition) is 5. The lowest BCUT2D eigenvalue weighted by Gasteiger charge is -2.05. The second kappa shape index (κ2) is 7.78. The number of rotatable bonds is 2. The Kier molecular flexibility index (Phi) is 5.52. The molecule has 0 heterocycles. The van der Waals surface area contributed by atoms with Gasteiger partial charge in [0.05, 0.1) is 5.69 Å². The van der Waals surface area contributed by atoms with Crippen molar-refractivity contribution in [1.82, 2.24) is 0 Å². The molecule has 0 atom stereocenters. The summed E-state index contributed by atoms with van der Waals surface area (Å²) >= 11 is 0. The van der Waals surface area contributed by atoms with Gasteiger partial charge < -0.3 is 27.0 Å². The Balaban J connectivity index is 0.000000198. The lowest BCUT2D eigenvalue weighted by atomic mass is 10.2. The summed E-state index contributed by atoms with van der Waals surface area (Å²) in [5.74, 6) is 1.68. The molecule has 0 spiro atoms. The number of nitrogens with two attached hydrogens (primary N) is 3. The summed E-state index contributed by atoms with van der Waals surface area (Å²) < 4.78 is 5.58. The molecule has 0 aliphatic heterocycles. The van der Waals surface area contributed by atoms with Gasteiger partial charge in [-0.05, 0) is 67.1 Å². The van der Waals surface area contributed by atoms with Gasteiger partial charge in [-0.15, -0.1) is 0 Å². The first-order chi connectivity index (χ1) is 11.5. The number of anilines is 3. The van der Waals surface area contributed by atoms with Crippen molar-refractivity contribution in [2.75, 3.05) is 17.2 Å². The summed E-state index contributed by atoms with van der Waals surface area (Å²) in [4.78, 5) is 0. The number of para-hydroxylation sites is 1. The second-order valence-electron chi connectivity index (χ2n) is 5.25. The molecule has 0 aliphatic carbocycles. The van der Waals surface area contributed by atoms with Crippen molar-refractivity contribution >= 4 is 17.1 Å². The minimum atomic E-state index is 0.162. The fraction of sp³-hybridized carbons (Fsp3) is 0.0526. The highest BCUT2D eigenvalue weighted by molar-refractivity contribution is 5.56. The van der Waals surface area contributed by atoms with Gasteiger partial charge in [-0.1, -0.05) is 12.1 Å². The van der Waals surface area contributed by atoms with Crippen LogP contribution in [0, 0.1) is 6.92 Å². The zero-order valence-electron chi connectivity index (χ0n) is 13.4. The van der Waals surface area contributed by atoms with Crippen molar-refractivity contribution in [3.05, 3.63) is 72.3 Å². The van der Waals surface area contributed by atoms with Crippen LogP contribution in [0.2, 0.25) is 0 Å². The van der Waals surface area contributed by atoms with E-state index in [2.05, 4.69) is 0 Å². The van der Waals surface area contributed by atoms with Crippen LogP contribution in [0.4, 0.5) is 17.1 Å². The molecular formula is C19H21N3O2. The molecule has 5 nitrogen and oxygen atoms in total. The molecule has 24 heavy (non-hydrogen) atoms. The Bertz CT molecular complexity index is 721. The molecule has 124 valence electrons. The molecule has 0 radical (unpaired) electrons. The van der Waals surface area contributed by atoms with Crippen LogP contribution in [-0.2, 0) is 0 Å². The summed E-state index contributed by atoms with van der Waals surface area (Å²) in [6.07, 6.45) is 0. The van der Waals surface area contributed by atoms with E-state index in [0.29, 0.717) is 5.69 Å². The standard InChI is InChI=1S/C12H12N2O.C7H9NO/c13-9-1-5-11(6-2-9)15-12-7-3-10(14)4-8-12;1-5-3-2-4-6(9)7(5)8/h1-8H,13-14H2;2-4,9H,8H2,1H3. The molecule has 5 heteroatoms. The molecule has 3 aromatic carbocycles. The maximum atomic E-state index is 8.98. The average Bonchev–Trinajstić information content (AvgIpc) is 2.57. The van der Waals surface area contributed by atoms with E-state index in [-0.39, 0.29) is 5.75 Å². The maximum absolute atomic E-state index is 8.98. The molecule has 0 unspecified atom stereocenters. The van der Waals surface area contributed by atoms with Gasteiger partial charge in [-0.2, -0.15) is 0 Å². The fourth-order valence-corrected chi connectivity index (χ4v) is 1.87. The topological polar surface area (TPSA) is 108 Å². The number of phenolic OH excluding ortho intramolecular Hbond substituents is 1. The highest BCUT2D eigenvalue weighted by Gasteiger charge is 1.96. The first kappa shape index (κ1) is 17.0. The average molecular weight is 323 g/mol. The molecule has 0 aromatic heterocycles. The van der Waals surface area contributed by atoms with Crippen molar-refractivity contribution in [1.29, 1.82) is 0 Å². The van der Waals surface area contributed by atoms with Gasteiger partial charge in [-0.3, -0.25) is 0 Å². The summed E-state index contributed by atoms with van der Waals surface area (Å²) in [6, 6.07) is 19.7. The van der Waals surface area contributed by atoms with E-state index in [1.54, 1.807) is 36.4 Å². The predicted molar refractivity (Wildman–Crippen MR) is 99.0 cm³/mol. The number of aryl methyl sites for hydroxylation is 1.